The molecule has 1 aromatic rings. The molecular formula is C21H26NO6+. The average molecular weight is 388 g/mol. The van der Waals surface area contributed by atoms with Gasteiger partial charge in [-0.05, 0) is 24.5 Å². The van der Waals surface area contributed by atoms with Gasteiger partial charge in [0.15, 0.2) is 23.4 Å². The number of phenols is 2. The number of rotatable bonds is 2. The zero-order valence-electron chi connectivity index (χ0n) is 15.9. The number of hydrogen-bond acceptors (Lipinski definition) is 6. The molecule has 2 unspecified atom stereocenters. The number of likely N-dealkylation sites (N-methyl/N-ethyl adjacent to an activating group) is 1. The topological polar surface area (TPSA) is 107 Å². The van der Waals surface area contributed by atoms with Crippen LogP contribution >= 0.6 is 0 Å². The maximum absolute atomic E-state index is 12.8. The van der Waals surface area contributed by atoms with Crippen LogP contribution in [0.2, 0.25) is 0 Å². The number of carbonyl (C=O) groups is 1. The van der Waals surface area contributed by atoms with Gasteiger partial charge in [-0.1, -0.05) is 0 Å². The first-order chi connectivity index (χ1) is 13.2. The summed E-state index contributed by atoms with van der Waals surface area (Å²) < 4.78 is 6.63. The maximum Gasteiger partial charge on any atom is 0.200 e. The van der Waals surface area contributed by atoms with Gasteiger partial charge < -0.3 is 29.6 Å². The van der Waals surface area contributed by atoms with E-state index in [2.05, 4.69) is 7.05 Å². The lowest BCUT2D eigenvalue weighted by Crippen LogP contribution is -2.80. The molecule has 0 aromatic heterocycles. The fraction of sp³-hybridized carbons (Fsp3) is 0.667. The number of ether oxygens (including phenoxy) is 1. The summed E-state index contributed by atoms with van der Waals surface area (Å²) in [5.41, 5.74) is -0.379. The predicted molar refractivity (Wildman–Crippen MR) is 97.2 cm³/mol. The fourth-order valence-corrected chi connectivity index (χ4v) is 7.07. The van der Waals surface area contributed by atoms with Crippen LogP contribution < -0.4 is 4.74 Å². The van der Waals surface area contributed by atoms with Crippen LogP contribution in [-0.2, 0) is 16.6 Å². The van der Waals surface area contributed by atoms with Crippen molar-refractivity contribution in [3.05, 3.63) is 17.2 Å². The van der Waals surface area contributed by atoms with Gasteiger partial charge in [-0.3, -0.25) is 4.79 Å². The van der Waals surface area contributed by atoms with Gasteiger partial charge in [0.2, 0.25) is 5.75 Å². The van der Waals surface area contributed by atoms with Crippen LogP contribution in [0.5, 0.6) is 17.2 Å². The second kappa shape index (κ2) is 4.83. The molecule has 4 N–H and O–H groups in total. The van der Waals surface area contributed by atoms with Crippen molar-refractivity contribution in [2.24, 2.45) is 5.92 Å². The van der Waals surface area contributed by atoms with E-state index in [9.17, 15) is 25.2 Å². The van der Waals surface area contributed by atoms with E-state index in [1.165, 1.54) is 0 Å². The number of benzene rings is 1. The first-order valence-corrected chi connectivity index (χ1v) is 10.2. The van der Waals surface area contributed by atoms with E-state index in [1.54, 1.807) is 6.07 Å². The zero-order chi connectivity index (χ0) is 19.6. The summed E-state index contributed by atoms with van der Waals surface area (Å²) in [6.07, 6.45) is 1.52. The Hall–Kier alpha value is -1.83. The van der Waals surface area contributed by atoms with Gasteiger partial charge >= 0.3 is 0 Å². The second-order valence-electron chi connectivity index (χ2n) is 9.89. The number of nitrogens with zero attached hydrogens (tertiary/aromatic N) is 1. The number of ketones is 1. The first kappa shape index (κ1) is 17.1. The van der Waals surface area contributed by atoms with Gasteiger partial charge in [-0.25, -0.2) is 0 Å². The second-order valence-corrected chi connectivity index (χ2v) is 9.89. The smallest absolute Gasteiger partial charge is 0.200 e. The molecule has 2 heterocycles. The molecule has 0 radical (unpaired) electrons. The maximum atomic E-state index is 12.8. The van der Waals surface area contributed by atoms with Gasteiger partial charge in [-0.15, -0.1) is 0 Å². The Labute approximate surface area is 162 Å². The Bertz CT molecular complexity index is 932. The van der Waals surface area contributed by atoms with Gasteiger partial charge in [0.25, 0.3) is 0 Å². The molecule has 7 nitrogen and oxygen atoms in total. The van der Waals surface area contributed by atoms with E-state index in [0.29, 0.717) is 23.7 Å². The third kappa shape index (κ3) is 1.71. The summed E-state index contributed by atoms with van der Waals surface area (Å²) >= 11 is 0. The molecule has 7 atom stereocenters. The molecule has 28 heavy (non-hydrogen) atoms. The van der Waals surface area contributed by atoms with Crippen molar-refractivity contribution in [3.63, 3.8) is 0 Å². The standard InChI is InChI=1S/C21H25NO6/c1-22(9-11-7-13(11)24)5-4-20-16-10-6-14(25)17(26)18(16)28-19(20)12(23)2-3-21(20,27)15(22)8-10/h6,11,13,15,19,24,27H,2-5,7-9H2,1H3,(H-,25,26)/p+1/t11?,13?,15-,19+,20+,21-,22-/m1/s1. The summed E-state index contributed by atoms with van der Waals surface area (Å²) in [5, 5.41) is 42.7. The summed E-state index contributed by atoms with van der Waals surface area (Å²) in [4.78, 5) is 12.8. The third-order valence-electron chi connectivity index (χ3n) is 8.53. The predicted octanol–water partition coefficient (Wildman–Crippen LogP) is 0.346. The average Bonchev–Trinajstić information content (AvgIpc) is 3.19. The van der Waals surface area contributed by atoms with Crippen molar-refractivity contribution in [3.8, 4) is 17.2 Å². The molecule has 1 aromatic carbocycles. The molecule has 2 aliphatic heterocycles. The number of aliphatic hydroxyl groups is 2. The molecule has 2 bridgehead atoms. The summed E-state index contributed by atoms with van der Waals surface area (Å²) in [6.45, 7) is 1.58. The van der Waals surface area contributed by atoms with E-state index in [-0.39, 0.29) is 47.5 Å². The van der Waals surface area contributed by atoms with E-state index in [0.717, 1.165) is 30.6 Å². The van der Waals surface area contributed by atoms with Crippen LogP contribution in [0.1, 0.15) is 36.8 Å². The van der Waals surface area contributed by atoms with Crippen LogP contribution in [-0.4, -0.2) is 74.7 Å². The highest BCUT2D eigenvalue weighted by atomic mass is 16.5. The molecule has 1 spiro atoms. The highest BCUT2D eigenvalue weighted by Crippen LogP contribution is 2.66. The Morgan fingerprint density at radius 1 is 1.32 bits per heavy atom. The largest absolute Gasteiger partial charge is 0.504 e. The molecule has 3 aliphatic carbocycles. The number of quaternary nitrogens is 1. The minimum Gasteiger partial charge on any atom is -0.504 e. The van der Waals surface area contributed by atoms with Crippen molar-refractivity contribution in [2.75, 3.05) is 20.1 Å². The molecule has 3 fully saturated rings. The Morgan fingerprint density at radius 3 is 2.79 bits per heavy atom. The van der Waals surface area contributed by atoms with Gasteiger partial charge in [0, 0.05) is 30.7 Å². The van der Waals surface area contributed by atoms with Crippen LogP contribution in [0.25, 0.3) is 0 Å². The molecule has 1 saturated heterocycles. The van der Waals surface area contributed by atoms with Crippen LogP contribution in [0, 0.1) is 5.92 Å². The van der Waals surface area contributed by atoms with Crippen molar-refractivity contribution in [2.45, 2.75) is 61.4 Å². The number of aliphatic hydroxyl groups excluding tert-OH is 1. The van der Waals surface area contributed by atoms with Crippen LogP contribution in [0.3, 0.4) is 0 Å². The van der Waals surface area contributed by atoms with Crippen LogP contribution in [0.4, 0.5) is 0 Å². The third-order valence-corrected chi connectivity index (χ3v) is 8.53. The summed E-state index contributed by atoms with van der Waals surface area (Å²) in [5.74, 6) is -0.179. The highest BCUT2D eigenvalue weighted by molar-refractivity contribution is 5.90. The lowest BCUT2D eigenvalue weighted by molar-refractivity contribution is -0.950. The molecule has 5 aliphatic rings. The van der Waals surface area contributed by atoms with Crippen molar-refractivity contribution in [1.29, 1.82) is 0 Å². The lowest BCUT2D eigenvalue weighted by Gasteiger charge is -2.64. The van der Waals surface area contributed by atoms with Crippen LogP contribution in [0.15, 0.2) is 6.07 Å². The fourth-order valence-electron chi connectivity index (χ4n) is 7.07. The normalized spacial score (nSPS) is 47.5. The quantitative estimate of drug-likeness (QED) is 0.430. The summed E-state index contributed by atoms with van der Waals surface area (Å²) in [7, 11) is 2.15. The van der Waals surface area contributed by atoms with Crippen molar-refractivity contribution < 1.29 is 34.4 Å². The molecule has 6 rings (SSSR count). The molecule has 2 saturated carbocycles. The molecular weight excluding hydrogens is 362 g/mol. The van der Waals surface area contributed by atoms with Gasteiger partial charge in [0.1, 0.15) is 11.6 Å². The number of hydrogen-bond donors (Lipinski definition) is 4. The Balaban J connectivity index is 1.58. The monoisotopic (exact) mass is 388 g/mol. The summed E-state index contributed by atoms with van der Waals surface area (Å²) in [6, 6.07) is 1.44. The van der Waals surface area contributed by atoms with E-state index in [1.807, 2.05) is 0 Å². The zero-order valence-corrected chi connectivity index (χ0v) is 15.9. The SMILES string of the molecule is C[N@+]1(CC2CC2O)CC[C@]23c4c5cc(O)c(O)c4O[C@H]2C(=O)CC[C@@]3(O)[C@H]1C5. The first-order valence-electron chi connectivity index (χ1n) is 10.2. The van der Waals surface area contributed by atoms with Crippen molar-refractivity contribution >= 4 is 5.78 Å². The van der Waals surface area contributed by atoms with Gasteiger partial charge in [0.05, 0.1) is 31.7 Å². The number of Topliss-reactive ketones (excluding diaryl/α,β-unsaturated/α-hetero) is 1. The highest BCUT2D eigenvalue weighted by Gasteiger charge is 2.76. The van der Waals surface area contributed by atoms with Gasteiger partial charge in [-0.2, -0.15) is 0 Å². The number of aromatic hydroxyl groups is 2. The lowest BCUT2D eigenvalue weighted by atomic mass is 9.48. The molecule has 7 heteroatoms. The number of likely N-dealkylation sites (tertiary alicyclic amines) is 1. The molecule has 150 valence electrons. The Kier molecular flexibility index (Phi) is 2.94. The Morgan fingerprint density at radius 2 is 2.07 bits per heavy atom. The van der Waals surface area contributed by atoms with E-state index < -0.39 is 17.1 Å². The molecule has 0 amide bonds. The number of piperidine rings is 1. The van der Waals surface area contributed by atoms with Crippen molar-refractivity contribution in [1.82, 2.24) is 0 Å². The number of carbonyl (C=O) groups excluding carboxylic acids is 1. The van der Waals surface area contributed by atoms with E-state index in [4.69, 9.17) is 4.74 Å². The van der Waals surface area contributed by atoms with E-state index >= 15 is 0 Å². The minimum absolute atomic E-state index is 0.0416. The minimum atomic E-state index is -1.11. The number of phenolic OH excluding ortho intramolecular Hbond substituents is 2.